The van der Waals surface area contributed by atoms with Crippen LogP contribution in [0.25, 0.3) is 0 Å². The summed E-state index contributed by atoms with van der Waals surface area (Å²) in [7, 11) is 3.28. The molecule has 2 heterocycles. The number of ether oxygens (including phenoxy) is 2. The van der Waals surface area contributed by atoms with E-state index in [4.69, 9.17) is 9.47 Å². The van der Waals surface area contributed by atoms with Crippen LogP contribution in [0, 0.1) is 6.92 Å². The number of anilines is 1. The number of hydrogen-bond acceptors (Lipinski definition) is 6. The minimum atomic E-state index is -0.160. The largest absolute Gasteiger partial charge is 0.493 e. The molecule has 0 spiro atoms. The molecular formula is C20H26N4O3. The molecule has 0 atom stereocenters. The van der Waals surface area contributed by atoms with E-state index in [1.807, 2.05) is 26.0 Å². The third kappa shape index (κ3) is 4.13. The fraction of sp³-hybridized carbons (Fsp3) is 0.450. The molecule has 3 rings (SSSR count). The van der Waals surface area contributed by atoms with Crippen molar-refractivity contribution in [2.24, 2.45) is 0 Å². The average Bonchev–Trinajstić information content (AvgIpc) is 2.69. The summed E-state index contributed by atoms with van der Waals surface area (Å²) in [6, 6.07) is 5.76. The van der Waals surface area contributed by atoms with Crippen molar-refractivity contribution < 1.29 is 14.3 Å². The van der Waals surface area contributed by atoms with Crippen LogP contribution in [0.15, 0.2) is 18.2 Å². The van der Waals surface area contributed by atoms with Crippen LogP contribution in [-0.4, -0.2) is 43.2 Å². The average molecular weight is 370 g/mol. The summed E-state index contributed by atoms with van der Waals surface area (Å²) >= 11 is 0. The highest BCUT2D eigenvalue weighted by atomic mass is 16.5. The number of aromatic nitrogens is 2. The van der Waals surface area contributed by atoms with Crippen molar-refractivity contribution in [2.45, 2.75) is 33.2 Å². The van der Waals surface area contributed by atoms with Crippen LogP contribution in [0.4, 0.5) is 5.95 Å². The summed E-state index contributed by atoms with van der Waals surface area (Å²) in [5.74, 6) is 1.87. The normalized spacial score (nSPS) is 13.1. The second kappa shape index (κ2) is 8.24. The maximum Gasteiger partial charge on any atom is 0.270 e. The number of fused-ring (bicyclic) bond motifs is 1. The van der Waals surface area contributed by atoms with E-state index in [1.165, 1.54) is 5.56 Å². The van der Waals surface area contributed by atoms with Crippen molar-refractivity contribution in [3.63, 3.8) is 0 Å². The van der Waals surface area contributed by atoms with E-state index in [9.17, 15) is 4.79 Å². The molecule has 0 aliphatic carbocycles. The lowest BCUT2D eigenvalue weighted by Gasteiger charge is -2.30. The van der Waals surface area contributed by atoms with Gasteiger partial charge in [-0.15, -0.1) is 0 Å². The van der Waals surface area contributed by atoms with Crippen LogP contribution in [0.2, 0.25) is 0 Å². The summed E-state index contributed by atoms with van der Waals surface area (Å²) in [5.41, 5.74) is 3.57. The highest BCUT2D eigenvalue weighted by Crippen LogP contribution is 2.33. The predicted molar refractivity (Wildman–Crippen MR) is 104 cm³/mol. The summed E-state index contributed by atoms with van der Waals surface area (Å²) < 4.78 is 10.8. The Hall–Kier alpha value is -2.83. The molecule has 0 unspecified atom stereocenters. The van der Waals surface area contributed by atoms with E-state index in [0.29, 0.717) is 30.5 Å². The van der Waals surface area contributed by atoms with E-state index in [0.717, 1.165) is 36.4 Å². The number of methoxy groups -OCH3 is 2. The van der Waals surface area contributed by atoms with Gasteiger partial charge in [-0.3, -0.25) is 4.79 Å². The molecule has 0 fully saturated rings. The molecule has 2 aromatic rings. The molecule has 1 aromatic heterocycles. The first kappa shape index (κ1) is 18.9. The molecule has 0 saturated heterocycles. The summed E-state index contributed by atoms with van der Waals surface area (Å²) in [6.45, 7) is 5.98. The van der Waals surface area contributed by atoms with Crippen LogP contribution < -0.4 is 19.7 Å². The molecule has 0 bridgehead atoms. The van der Waals surface area contributed by atoms with Crippen LogP contribution in [0.5, 0.6) is 11.5 Å². The monoisotopic (exact) mass is 370 g/mol. The maximum absolute atomic E-state index is 12.3. The van der Waals surface area contributed by atoms with Gasteiger partial charge >= 0.3 is 0 Å². The third-order valence-electron chi connectivity index (χ3n) is 4.61. The Bertz CT molecular complexity index is 838. The van der Waals surface area contributed by atoms with Gasteiger partial charge in [0.15, 0.2) is 11.5 Å². The quantitative estimate of drug-likeness (QED) is 0.842. The molecule has 7 heteroatoms. The van der Waals surface area contributed by atoms with Crippen LogP contribution in [0.3, 0.4) is 0 Å². The van der Waals surface area contributed by atoms with Gasteiger partial charge in [0.2, 0.25) is 5.95 Å². The molecule has 144 valence electrons. The van der Waals surface area contributed by atoms with E-state index in [2.05, 4.69) is 20.2 Å². The second-order valence-electron chi connectivity index (χ2n) is 6.60. The number of hydrogen-bond donors (Lipinski definition) is 1. The van der Waals surface area contributed by atoms with Gasteiger partial charge in [-0.1, -0.05) is 6.92 Å². The molecule has 1 N–H and O–H groups in total. The van der Waals surface area contributed by atoms with Gasteiger partial charge in [0.05, 0.1) is 14.2 Å². The molecule has 27 heavy (non-hydrogen) atoms. The van der Waals surface area contributed by atoms with Gasteiger partial charge in [-0.2, -0.15) is 0 Å². The van der Waals surface area contributed by atoms with Gasteiger partial charge in [0.25, 0.3) is 5.91 Å². The van der Waals surface area contributed by atoms with Crippen molar-refractivity contribution in [3.8, 4) is 11.5 Å². The van der Waals surface area contributed by atoms with Gasteiger partial charge in [0, 0.05) is 25.3 Å². The van der Waals surface area contributed by atoms with Crippen LogP contribution in [-0.2, 0) is 13.0 Å². The highest BCUT2D eigenvalue weighted by molar-refractivity contribution is 5.92. The number of benzene rings is 1. The first-order valence-electron chi connectivity index (χ1n) is 9.18. The van der Waals surface area contributed by atoms with E-state index in [-0.39, 0.29) is 5.91 Å². The topological polar surface area (TPSA) is 76.6 Å². The van der Waals surface area contributed by atoms with E-state index >= 15 is 0 Å². The van der Waals surface area contributed by atoms with Crippen molar-refractivity contribution in [2.75, 3.05) is 32.2 Å². The summed E-state index contributed by atoms with van der Waals surface area (Å²) in [4.78, 5) is 23.4. The number of rotatable bonds is 6. The van der Waals surface area contributed by atoms with Gasteiger partial charge < -0.3 is 19.7 Å². The smallest absolute Gasteiger partial charge is 0.270 e. The lowest BCUT2D eigenvalue weighted by molar-refractivity contribution is 0.0948. The predicted octanol–water partition coefficient (Wildman–Crippen LogP) is 2.50. The first-order chi connectivity index (χ1) is 13.0. The Balaban J connectivity index is 1.86. The molecule has 7 nitrogen and oxygen atoms in total. The Morgan fingerprint density at radius 1 is 1.15 bits per heavy atom. The summed E-state index contributed by atoms with van der Waals surface area (Å²) in [6.07, 6.45) is 1.74. The minimum Gasteiger partial charge on any atom is -0.493 e. The minimum absolute atomic E-state index is 0.160. The molecule has 0 radical (unpaired) electrons. The number of amides is 1. The molecular weight excluding hydrogens is 344 g/mol. The zero-order chi connectivity index (χ0) is 19.4. The molecule has 1 aliphatic heterocycles. The number of aryl methyl sites for hydroxylation is 1. The Morgan fingerprint density at radius 2 is 1.85 bits per heavy atom. The lowest BCUT2D eigenvalue weighted by atomic mass is 9.99. The van der Waals surface area contributed by atoms with Crippen LogP contribution in [0.1, 0.15) is 40.7 Å². The van der Waals surface area contributed by atoms with Crippen molar-refractivity contribution in [3.05, 3.63) is 40.7 Å². The van der Waals surface area contributed by atoms with Crippen molar-refractivity contribution in [1.29, 1.82) is 0 Å². The first-order valence-corrected chi connectivity index (χ1v) is 9.18. The van der Waals surface area contributed by atoms with Gasteiger partial charge in [0.1, 0.15) is 5.69 Å². The fourth-order valence-corrected chi connectivity index (χ4v) is 3.19. The number of carbonyl (C=O) groups excluding carboxylic acids is 1. The van der Waals surface area contributed by atoms with Gasteiger partial charge in [-0.05, 0) is 49.1 Å². The summed E-state index contributed by atoms with van der Waals surface area (Å²) in [5, 5.41) is 2.87. The van der Waals surface area contributed by atoms with Gasteiger partial charge in [-0.25, -0.2) is 9.97 Å². The number of carbonyl (C=O) groups is 1. The Labute approximate surface area is 159 Å². The number of nitrogens with one attached hydrogen (secondary N) is 1. The zero-order valence-corrected chi connectivity index (χ0v) is 16.3. The SMILES string of the molecule is CCCNC(=O)c1cc(C)nc(N2CCc3cc(OC)c(OC)cc3C2)n1. The highest BCUT2D eigenvalue weighted by Gasteiger charge is 2.22. The van der Waals surface area contributed by atoms with E-state index in [1.54, 1.807) is 20.3 Å². The number of nitrogens with zero attached hydrogens (tertiary/aromatic N) is 3. The zero-order valence-electron chi connectivity index (χ0n) is 16.3. The van der Waals surface area contributed by atoms with Crippen LogP contribution >= 0.6 is 0 Å². The Morgan fingerprint density at radius 3 is 2.52 bits per heavy atom. The molecule has 1 aromatic carbocycles. The Kier molecular flexibility index (Phi) is 5.78. The molecule has 1 amide bonds. The lowest BCUT2D eigenvalue weighted by Crippen LogP contribution is -2.33. The maximum atomic E-state index is 12.3. The fourth-order valence-electron chi connectivity index (χ4n) is 3.19. The molecule has 1 aliphatic rings. The third-order valence-corrected chi connectivity index (χ3v) is 4.61. The molecule has 0 saturated carbocycles. The standard InChI is InChI=1S/C20H26N4O3/c1-5-7-21-19(25)16-9-13(2)22-20(23-16)24-8-6-14-10-17(26-3)18(27-4)11-15(14)12-24/h9-11H,5-8,12H2,1-4H3,(H,21,25). The van der Waals surface area contributed by atoms with E-state index < -0.39 is 0 Å². The van der Waals surface area contributed by atoms with Crippen molar-refractivity contribution >= 4 is 11.9 Å². The second-order valence-corrected chi connectivity index (χ2v) is 6.60. The van der Waals surface area contributed by atoms with Crippen molar-refractivity contribution in [1.82, 2.24) is 15.3 Å².